The van der Waals surface area contributed by atoms with E-state index in [9.17, 15) is 4.39 Å². The van der Waals surface area contributed by atoms with Crippen LogP contribution in [0.3, 0.4) is 0 Å². The number of halogens is 2. The Labute approximate surface area is 181 Å². The highest BCUT2D eigenvalue weighted by Crippen LogP contribution is 2.39. The van der Waals surface area contributed by atoms with Crippen LogP contribution in [-0.2, 0) is 12.0 Å². The number of aromatic nitrogens is 3. The first-order chi connectivity index (χ1) is 13.8. The molecule has 0 saturated heterocycles. The van der Waals surface area contributed by atoms with Crippen LogP contribution in [0.25, 0.3) is 0 Å². The number of nitrogens with two attached hydrogens (primary N) is 1. The van der Waals surface area contributed by atoms with E-state index in [0.29, 0.717) is 16.4 Å². The second-order valence-corrected chi connectivity index (χ2v) is 9.62. The van der Waals surface area contributed by atoms with Crippen molar-refractivity contribution in [1.29, 1.82) is 0 Å². The third-order valence-corrected chi connectivity index (χ3v) is 7.50. The largest absolute Gasteiger partial charge is 0.301 e. The maximum absolute atomic E-state index is 14.1. The molecular weight excluding hydrogens is 431 g/mol. The molecule has 29 heavy (non-hydrogen) atoms. The summed E-state index contributed by atoms with van der Waals surface area (Å²) in [7, 11) is 0. The van der Waals surface area contributed by atoms with Crippen LogP contribution in [0.4, 0.5) is 10.2 Å². The van der Waals surface area contributed by atoms with Gasteiger partial charge >= 0.3 is 0 Å². The summed E-state index contributed by atoms with van der Waals surface area (Å²) in [6.07, 6.45) is 1.76. The molecule has 1 aliphatic rings. The average molecular weight is 451 g/mol. The van der Waals surface area contributed by atoms with Gasteiger partial charge in [-0.15, -0.1) is 11.3 Å². The van der Waals surface area contributed by atoms with Crippen LogP contribution in [0.1, 0.15) is 30.1 Å². The van der Waals surface area contributed by atoms with Gasteiger partial charge in [-0.25, -0.2) is 14.4 Å². The second kappa shape index (κ2) is 7.71. The van der Waals surface area contributed by atoms with Gasteiger partial charge < -0.3 is 5.73 Å². The quantitative estimate of drug-likeness (QED) is 0.616. The van der Waals surface area contributed by atoms with Gasteiger partial charge in [-0.2, -0.15) is 10.2 Å². The molecule has 0 aliphatic carbocycles. The Morgan fingerprint density at radius 3 is 2.79 bits per heavy atom. The zero-order valence-electron chi connectivity index (χ0n) is 16.1. The Bertz CT molecular complexity index is 1060. The van der Waals surface area contributed by atoms with Gasteiger partial charge in [0.2, 0.25) is 0 Å². The van der Waals surface area contributed by atoms with Gasteiger partial charge in [0.15, 0.2) is 11.3 Å². The fraction of sp³-hybridized carbons (Fsp3) is 0.316. The van der Waals surface area contributed by atoms with E-state index in [0.717, 1.165) is 15.7 Å². The molecule has 3 heterocycles. The van der Waals surface area contributed by atoms with E-state index in [2.05, 4.69) is 23.9 Å². The molecule has 0 saturated carbocycles. The maximum atomic E-state index is 14.1. The zero-order valence-corrected chi connectivity index (χ0v) is 18.5. The first-order valence-corrected chi connectivity index (χ1v) is 11.1. The van der Waals surface area contributed by atoms with Gasteiger partial charge in [0.05, 0.1) is 12.0 Å². The van der Waals surface area contributed by atoms with Crippen molar-refractivity contribution < 1.29 is 4.39 Å². The van der Waals surface area contributed by atoms with Gasteiger partial charge in [-0.3, -0.25) is 4.68 Å². The normalized spacial score (nSPS) is 17.1. The number of aryl methyl sites for hydroxylation is 1. The molecule has 0 fully saturated rings. The molecule has 1 aromatic carbocycles. The van der Waals surface area contributed by atoms with Crippen LogP contribution in [0.15, 0.2) is 40.9 Å². The zero-order chi connectivity index (χ0) is 20.8. The summed E-state index contributed by atoms with van der Waals surface area (Å²) in [5.74, 6) is 0.238. The Hall–Kier alpha value is -1.94. The van der Waals surface area contributed by atoms with Crippen molar-refractivity contribution in [2.24, 2.45) is 10.8 Å². The topological polar surface area (TPSA) is 72.3 Å². The summed E-state index contributed by atoms with van der Waals surface area (Å²) < 4.78 is 15.7. The lowest BCUT2D eigenvalue weighted by Crippen LogP contribution is -2.32. The predicted molar refractivity (Wildman–Crippen MR) is 118 cm³/mol. The minimum Gasteiger partial charge on any atom is -0.301 e. The number of rotatable bonds is 5. The molecule has 4 rings (SSSR count). The Morgan fingerprint density at radius 2 is 2.10 bits per heavy atom. The van der Waals surface area contributed by atoms with Crippen molar-refractivity contribution in [3.63, 3.8) is 0 Å². The molecule has 0 radical (unpaired) electrons. The first-order valence-electron chi connectivity index (χ1n) is 8.95. The Kier molecular flexibility index (Phi) is 5.41. The first kappa shape index (κ1) is 20.3. The van der Waals surface area contributed by atoms with Crippen molar-refractivity contribution in [3.05, 3.63) is 62.9 Å². The summed E-state index contributed by atoms with van der Waals surface area (Å²) in [6, 6.07) is 6.44. The van der Waals surface area contributed by atoms with Crippen LogP contribution in [0, 0.1) is 12.7 Å². The van der Waals surface area contributed by atoms with Crippen LogP contribution < -0.4 is 10.7 Å². The molecule has 1 atom stereocenters. The Balaban J connectivity index is 1.58. The number of thiazole rings is 1. The van der Waals surface area contributed by atoms with E-state index in [1.807, 2.05) is 18.4 Å². The minimum absolute atomic E-state index is 0.224. The van der Waals surface area contributed by atoms with Crippen LogP contribution in [0.2, 0.25) is 5.02 Å². The van der Waals surface area contributed by atoms with E-state index < -0.39 is 5.50 Å². The number of anilines is 1. The highest BCUT2D eigenvalue weighted by Gasteiger charge is 2.38. The van der Waals surface area contributed by atoms with Crippen molar-refractivity contribution in [2.45, 2.75) is 38.2 Å². The van der Waals surface area contributed by atoms with Crippen molar-refractivity contribution in [2.75, 3.05) is 5.01 Å². The molecule has 2 aromatic heterocycles. The SMILES string of the molecule is Cc1csc(C(C)(C)C2=NN(c3ccn(Cc4c(F)cccc4Cl)n3)C(N)S2)n1. The van der Waals surface area contributed by atoms with Crippen LogP contribution >= 0.6 is 34.7 Å². The minimum atomic E-state index is -0.397. The highest BCUT2D eigenvalue weighted by molar-refractivity contribution is 8.15. The number of nitrogens with zero attached hydrogens (tertiary/aromatic N) is 5. The summed E-state index contributed by atoms with van der Waals surface area (Å²) in [5.41, 5.74) is 6.96. The molecule has 6 nitrogen and oxygen atoms in total. The van der Waals surface area contributed by atoms with Crippen molar-refractivity contribution >= 4 is 45.6 Å². The van der Waals surface area contributed by atoms with Crippen molar-refractivity contribution in [1.82, 2.24) is 14.8 Å². The van der Waals surface area contributed by atoms with E-state index in [-0.39, 0.29) is 17.8 Å². The number of hydrazone groups is 1. The van der Waals surface area contributed by atoms with E-state index in [1.165, 1.54) is 17.8 Å². The van der Waals surface area contributed by atoms with Gasteiger partial charge in [0.1, 0.15) is 15.9 Å². The Morgan fingerprint density at radius 1 is 1.31 bits per heavy atom. The average Bonchev–Trinajstić information content (AvgIpc) is 3.38. The number of hydrogen-bond donors (Lipinski definition) is 1. The molecule has 0 amide bonds. The number of thioether (sulfide) groups is 1. The van der Waals surface area contributed by atoms with E-state index in [4.69, 9.17) is 22.4 Å². The third-order valence-electron chi connectivity index (χ3n) is 4.60. The molecule has 152 valence electrons. The molecule has 3 aromatic rings. The lowest BCUT2D eigenvalue weighted by atomic mass is 9.96. The summed E-state index contributed by atoms with van der Waals surface area (Å²) in [6.45, 7) is 6.38. The van der Waals surface area contributed by atoms with Crippen molar-refractivity contribution in [3.8, 4) is 0 Å². The molecule has 0 spiro atoms. The monoisotopic (exact) mass is 450 g/mol. The molecule has 1 aliphatic heterocycles. The second-order valence-electron chi connectivity index (χ2n) is 7.25. The van der Waals surface area contributed by atoms with Gasteiger partial charge in [-0.05, 0) is 32.9 Å². The lowest BCUT2D eigenvalue weighted by molar-refractivity contribution is 0.584. The van der Waals surface area contributed by atoms with E-state index in [1.54, 1.807) is 39.4 Å². The van der Waals surface area contributed by atoms with Crippen LogP contribution in [-0.4, -0.2) is 25.3 Å². The summed E-state index contributed by atoms with van der Waals surface area (Å²) in [5, 5.41) is 15.2. The molecule has 2 N–H and O–H groups in total. The van der Waals surface area contributed by atoms with Crippen LogP contribution in [0.5, 0.6) is 0 Å². The molecule has 1 unspecified atom stereocenters. The smallest absolute Gasteiger partial charge is 0.173 e. The van der Waals surface area contributed by atoms with Gasteiger partial charge in [0.25, 0.3) is 0 Å². The standard InChI is InChI=1S/C19H20ClFN6S2/c1-11-10-28-16(23-11)19(2,3)17-25-27(18(22)29-17)15-7-8-26(24-15)9-12-13(20)5-4-6-14(12)21/h4-8,10,18H,9,22H2,1-3H3. The molecular formula is C19H20ClFN6S2. The fourth-order valence-electron chi connectivity index (χ4n) is 2.94. The lowest BCUT2D eigenvalue weighted by Gasteiger charge is -2.20. The predicted octanol–water partition coefficient (Wildman–Crippen LogP) is 4.58. The number of benzene rings is 1. The van der Waals surface area contributed by atoms with Gasteiger partial charge in [0, 0.05) is 33.9 Å². The maximum Gasteiger partial charge on any atom is 0.173 e. The van der Waals surface area contributed by atoms with Gasteiger partial charge in [-0.1, -0.05) is 29.4 Å². The highest BCUT2D eigenvalue weighted by atomic mass is 35.5. The summed E-state index contributed by atoms with van der Waals surface area (Å²) in [4.78, 5) is 4.61. The molecule has 10 heteroatoms. The van der Waals surface area contributed by atoms with E-state index >= 15 is 0 Å². The fourth-order valence-corrected chi connectivity index (χ4v) is 5.16. The number of hydrogen-bond acceptors (Lipinski definition) is 7. The molecule has 0 bridgehead atoms. The third kappa shape index (κ3) is 3.92. The summed E-state index contributed by atoms with van der Waals surface area (Å²) >= 11 is 9.23.